The van der Waals surface area contributed by atoms with Crippen LogP contribution in [0.25, 0.3) is 10.8 Å². The van der Waals surface area contributed by atoms with Crippen molar-refractivity contribution in [2.75, 3.05) is 0 Å². The smallest absolute Gasteiger partial charge is 0.128 e. The van der Waals surface area contributed by atoms with E-state index in [1.54, 1.807) is 18.5 Å². The predicted molar refractivity (Wildman–Crippen MR) is 104 cm³/mol. The van der Waals surface area contributed by atoms with Gasteiger partial charge in [0.1, 0.15) is 17.7 Å². The van der Waals surface area contributed by atoms with Crippen molar-refractivity contribution in [3.05, 3.63) is 71.8 Å². The summed E-state index contributed by atoms with van der Waals surface area (Å²) in [5, 5.41) is 5.38. The average Bonchev–Trinajstić information content (AvgIpc) is 3.53. The zero-order valence-corrected chi connectivity index (χ0v) is 15.2. The van der Waals surface area contributed by atoms with Gasteiger partial charge in [-0.2, -0.15) is 0 Å². The largest absolute Gasteiger partial charge is 0.489 e. The van der Waals surface area contributed by atoms with Gasteiger partial charge in [0.15, 0.2) is 0 Å². The Kier molecular flexibility index (Phi) is 4.29. The van der Waals surface area contributed by atoms with E-state index in [-0.39, 0.29) is 18.0 Å². The fourth-order valence-electron chi connectivity index (χ4n) is 3.87. The van der Waals surface area contributed by atoms with Crippen molar-refractivity contribution >= 4 is 10.8 Å². The van der Waals surface area contributed by atoms with Crippen molar-refractivity contribution in [2.45, 2.75) is 50.3 Å². The summed E-state index contributed by atoms with van der Waals surface area (Å²) in [5.41, 5.74) is 2.13. The molecule has 2 saturated carbocycles. The number of hydrogen-bond donors (Lipinski definition) is 1. The van der Waals surface area contributed by atoms with Gasteiger partial charge in [-0.1, -0.05) is 12.1 Å². The van der Waals surface area contributed by atoms with E-state index in [9.17, 15) is 4.39 Å². The molecule has 3 nitrogen and oxygen atoms in total. The molecule has 0 amide bonds. The molecule has 2 atom stereocenters. The minimum Gasteiger partial charge on any atom is -0.489 e. The Hall–Kier alpha value is -2.46. The molecule has 2 aromatic carbocycles. The minimum absolute atomic E-state index is 0.150. The van der Waals surface area contributed by atoms with E-state index in [0.29, 0.717) is 12.1 Å². The number of halogens is 1. The zero-order valence-electron chi connectivity index (χ0n) is 15.2. The monoisotopic (exact) mass is 362 g/mol. The summed E-state index contributed by atoms with van der Waals surface area (Å²) >= 11 is 0. The zero-order chi connectivity index (χ0) is 18.2. The number of ether oxygens (including phenoxy) is 1. The third-order valence-electron chi connectivity index (χ3n) is 5.84. The van der Waals surface area contributed by atoms with Crippen LogP contribution >= 0.6 is 0 Å². The standard InChI is InChI=1S/C23H23FN2O/c24-21-8-5-17-13-25-12-11-19(17)20(21)14-26-22-9-10-23(22)27-18-6-3-16(4-7-18)15-1-2-15/h3-8,11-13,15,22-23,26H,1-2,9-10,14H2/t22-,23-/m1/s1. The maximum Gasteiger partial charge on any atom is 0.128 e. The van der Waals surface area contributed by atoms with E-state index in [4.69, 9.17) is 4.74 Å². The number of rotatable bonds is 6. The Bertz CT molecular complexity index is 952. The van der Waals surface area contributed by atoms with E-state index >= 15 is 0 Å². The summed E-state index contributed by atoms with van der Waals surface area (Å²) in [6, 6.07) is 14.0. The highest BCUT2D eigenvalue weighted by molar-refractivity contribution is 5.84. The quantitative estimate of drug-likeness (QED) is 0.674. The molecular formula is C23H23FN2O. The summed E-state index contributed by atoms with van der Waals surface area (Å²) in [5.74, 6) is 1.52. The highest BCUT2D eigenvalue weighted by atomic mass is 19.1. The van der Waals surface area contributed by atoms with Crippen molar-refractivity contribution in [3.63, 3.8) is 0 Å². The van der Waals surface area contributed by atoms with Crippen LogP contribution in [-0.4, -0.2) is 17.1 Å². The number of pyridine rings is 1. The summed E-state index contributed by atoms with van der Waals surface area (Å²) in [6.45, 7) is 0.498. The van der Waals surface area contributed by atoms with E-state index in [1.165, 1.54) is 24.5 Å². The summed E-state index contributed by atoms with van der Waals surface area (Å²) < 4.78 is 20.5. The third kappa shape index (κ3) is 3.42. The second-order valence-corrected chi connectivity index (χ2v) is 7.69. The molecule has 5 rings (SSSR count). The van der Waals surface area contributed by atoms with Gasteiger partial charge in [0.25, 0.3) is 0 Å². The third-order valence-corrected chi connectivity index (χ3v) is 5.84. The first-order valence-electron chi connectivity index (χ1n) is 9.79. The lowest BCUT2D eigenvalue weighted by atomic mass is 9.88. The van der Waals surface area contributed by atoms with E-state index in [1.807, 2.05) is 6.07 Å². The van der Waals surface area contributed by atoms with Gasteiger partial charge in [-0.05, 0) is 72.9 Å². The predicted octanol–water partition coefficient (Wildman–Crippen LogP) is 4.95. The summed E-state index contributed by atoms with van der Waals surface area (Å²) in [4.78, 5) is 4.12. The lowest BCUT2D eigenvalue weighted by Crippen LogP contribution is -2.50. The molecule has 1 N–H and O–H groups in total. The molecule has 4 heteroatoms. The van der Waals surface area contributed by atoms with Crippen LogP contribution < -0.4 is 10.1 Å². The Labute approximate surface area is 158 Å². The number of nitrogens with one attached hydrogen (secondary N) is 1. The molecule has 3 aromatic rings. The normalized spacial score (nSPS) is 21.8. The van der Waals surface area contributed by atoms with Crippen LogP contribution in [0, 0.1) is 5.82 Å². The second kappa shape index (κ2) is 6.93. The first kappa shape index (κ1) is 16.7. The minimum atomic E-state index is -0.173. The van der Waals surface area contributed by atoms with E-state index < -0.39 is 0 Å². The molecule has 27 heavy (non-hydrogen) atoms. The number of nitrogens with zero attached hydrogens (tertiary/aromatic N) is 1. The lowest BCUT2D eigenvalue weighted by molar-refractivity contribution is 0.0717. The van der Waals surface area contributed by atoms with Crippen molar-refractivity contribution < 1.29 is 9.13 Å². The maximum atomic E-state index is 14.4. The number of fused-ring (bicyclic) bond motifs is 1. The van der Waals surface area contributed by atoms with Gasteiger partial charge in [0.05, 0.1) is 0 Å². The molecule has 0 spiro atoms. The van der Waals surface area contributed by atoms with Crippen LogP contribution in [0.4, 0.5) is 4.39 Å². The first-order chi connectivity index (χ1) is 13.3. The van der Waals surface area contributed by atoms with E-state index in [0.717, 1.165) is 35.3 Å². The summed E-state index contributed by atoms with van der Waals surface area (Å²) in [7, 11) is 0. The van der Waals surface area contributed by atoms with Crippen molar-refractivity contribution in [3.8, 4) is 5.75 Å². The number of benzene rings is 2. The Morgan fingerprint density at radius 1 is 1.00 bits per heavy atom. The van der Waals surface area contributed by atoms with Crippen LogP contribution in [0.5, 0.6) is 5.75 Å². The molecule has 2 aliphatic carbocycles. The van der Waals surface area contributed by atoms with Crippen LogP contribution in [-0.2, 0) is 6.54 Å². The van der Waals surface area contributed by atoms with Crippen molar-refractivity contribution in [2.24, 2.45) is 0 Å². The molecule has 0 unspecified atom stereocenters. The number of hydrogen-bond acceptors (Lipinski definition) is 3. The second-order valence-electron chi connectivity index (χ2n) is 7.69. The van der Waals surface area contributed by atoms with Crippen LogP contribution in [0.15, 0.2) is 54.9 Å². The average molecular weight is 362 g/mol. The van der Waals surface area contributed by atoms with Crippen LogP contribution in [0.2, 0.25) is 0 Å². The Morgan fingerprint density at radius 3 is 2.59 bits per heavy atom. The van der Waals surface area contributed by atoms with Gasteiger partial charge >= 0.3 is 0 Å². The van der Waals surface area contributed by atoms with Gasteiger partial charge in [0, 0.05) is 35.9 Å². The molecule has 2 fully saturated rings. The summed E-state index contributed by atoms with van der Waals surface area (Å²) in [6.07, 6.45) is 8.36. The lowest BCUT2D eigenvalue weighted by Gasteiger charge is -2.37. The topological polar surface area (TPSA) is 34.2 Å². The number of aromatic nitrogens is 1. The highest BCUT2D eigenvalue weighted by Gasteiger charge is 2.32. The van der Waals surface area contributed by atoms with E-state index in [2.05, 4.69) is 34.6 Å². The highest BCUT2D eigenvalue weighted by Crippen LogP contribution is 2.40. The fourth-order valence-corrected chi connectivity index (χ4v) is 3.87. The van der Waals surface area contributed by atoms with Gasteiger partial charge in [-0.3, -0.25) is 4.98 Å². The first-order valence-corrected chi connectivity index (χ1v) is 9.79. The Morgan fingerprint density at radius 2 is 1.85 bits per heavy atom. The molecule has 0 saturated heterocycles. The molecule has 1 heterocycles. The van der Waals surface area contributed by atoms with Crippen molar-refractivity contribution in [1.29, 1.82) is 0 Å². The van der Waals surface area contributed by atoms with Crippen molar-refractivity contribution in [1.82, 2.24) is 10.3 Å². The SMILES string of the molecule is Fc1ccc2cnccc2c1CN[C@@H]1CC[C@H]1Oc1ccc(C2CC2)cc1. The van der Waals surface area contributed by atoms with Crippen LogP contribution in [0.1, 0.15) is 42.7 Å². The Balaban J connectivity index is 1.23. The molecule has 1 aromatic heterocycles. The van der Waals surface area contributed by atoms with Gasteiger partial charge < -0.3 is 10.1 Å². The molecule has 0 radical (unpaired) electrons. The molecule has 2 aliphatic rings. The molecule has 0 bridgehead atoms. The van der Waals surface area contributed by atoms with Gasteiger partial charge in [-0.25, -0.2) is 4.39 Å². The molecule has 0 aliphatic heterocycles. The van der Waals surface area contributed by atoms with Gasteiger partial charge in [-0.15, -0.1) is 0 Å². The van der Waals surface area contributed by atoms with Gasteiger partial charge in [0.2, 0.25) is 0 Å². The molecule has 138 valence electrons. The fraction of sp³-hybridized carbons (Fsp3) is 0.348. The maximum absolute atomic E-state index is 14.4. The molecular weight excluding hydrogens is 339 g/mol. The van der Waals surface area contributed by atoms with Crippen LogP contribution in [0.3, 0.4) is 0 Å².